The van der Waals surface area contributed by atoms with Crippen LogP contribution in [0.2, 0.25) is 25.7 Å². The van der Waals surface area contributed by atoms with Crippen molar-refractivity contribution in [3.05, 3.63) is 24.3 Å². The Bertz CT molecular complexity index is 184. The lowest BCUT2D eigenvalue weighted by Gasteiger charge is -2.11. The fourth-order valence-corrected chi connectivity index (χ4v) is 2.21. The van der Waals surface area contributed by atoms with Gasteiger partial charge in [-0.3, -0.25) is 0 Å². The highest BCUT2D eigenvalue weighted by molar-refractivity contribution is 6.76. The Morgan fingerprint density at radius 3 is 2.13 bits per heavy atom. The van der Waals surface area contributed by atoms with Gasteiger partial charge in [-0.25, -0.2) is 0 Å². The van der Waals surface area contributed by atoms with Crippen LogP contribution in [0, 0.1) is 0 Å². The van der Waals surface area contributed by atoms with Crippen molar-refractivity contribution in [3.8, 4) is 0 Å². The molecule has 0 aliphatic heterocycles. The number of allylic oxidation sites excluding steroid dienone is 4. The first kappa shape index (κ1) is 14.7. The summed E-state index contributed by atoms with van der Waals surface area (Å²) in [5, 5.41) is 0. The molecule has 0 radical (unpaired) electrons. The van der Waals surface area contributed by atoms with E-state index in [-0.39, 0.29) is 0 Å². The summed E-state index contributed by atoms with van der Waals surface area (Å²) in [6.07, 6.45) is 15.7. The maximum absolute atomic E-state index is 2.41. The summed E-state index contributed by atoms with van der Waals surface area (Å²) in [5.74, 6) is 0. The fourth-order valence-electron chi connectivity index (χ4n) is 1.34. The minimum absolute atomic E-state index is 0.854. The summed E-state index contributed by atoms with van der Waals surface area (Å²) < 4.78 is 0. The van der Waals surface area contributed by atoms with Crippen LogP contribution < -0.4 is 0 Å². The molecule has 0 unspecified atom stereocenters. The standard InChI is InChI=1S/C14H28Si/c1-5-6-7-8-9-10-11-12-13-14-15(2,3)4/h9-10,12-13H,5-8,11,14H2,1-4H3/b10-9-,13-12-. The van der Waals surface area contributed by atoms with Gasteiger partial charge in [0.05, 0.1) is 0 Å². The van der Waals surface area contributed by atoms with Crippen molar-refractivity contribution < 1.29 is 0 Å². The van der Waals surface area contributed by atoms with Gasteiger partial charge in [0.25, 0.3) is 0 Å². The van der Waals surface area contributed by atoms with E-state index in [1.165, 1.54) is 31.7 Å². The third-order valence-corrected chi connectivity index (χ3v) is 3.77. The summed E-state index contributed by atoms with van der Waals surface area (Å²) in [5.41, 5.74) is 0. The molecule has 0 saturated carbocycles. The van der Waals surface area contributed by atoms with Gasteiger partial charge in [-0.15, -0.1) is 0 Å². The first-order valence-electron chi connectivity index (χ1n) is 6.36. The van der Waals surface area contributed by atoms with Crippen LogP contribution in [0.3, 0.4) is 0 Å². The van der Waals surface area contributed by atoms with Crippen molar-refractivity contribution in [2.45, 2.75) is 64.7 Å². The number of hydrogen-bond donors (Lipinski definition) is 0. The normalized spacial score (nSPS) is 13.1. The van der Waals surface area contributed by atoms with Gasteiger partial charge in [0.2, 0.25) is 0 Å². The summed E-state index contributed by atoms with van der Waals surface area (Å²) in [6, 6.07) is 1.32. The van der Waals surface area contributed by atoms with E-state index < -0.39 is 8.07 Å². The molecule has 0 aromatic heterocycles. The van der Waals surface area contributed by atoms with Crippen molar-refractivity contribution in [2.75, 3.05) is 0 Å². The highest BCUT2D eigenvalue weighted by Crippen LogP contribution is 2.08. The van der Waals surface area contributed by atoms with E-state index in [0.717, 1.165) is 6.42 Å². The Morgan fingerprint density at radius 1 is 0.867 bits per heavy atom. The molecule has 0 aromatic rings. The minimum atomic E-state index is -0.854. The van der Waals surface area contributed by atoms with Crippen LogP contribution in [-0.4, -0.2) is 8.07 Å². The molecule has 15 heavy (non-hydrogen) atoms. The highest BCUT2D eigenvalue weighted by atomic mass is 28.3. The third kappa shape index (κ3) is 13.7. The Balaban J connectivity index is 3.36. The summed E-state index contributed by atoms with van der Waals surface area (Å²) in [4.78, 5) is 0. The maximum atomic E-state index is 2.41. The van der Waals surface area contributed by atoms with Gasteiger partial charge in [-0.05, 0) is 25.3 Å². The van der Waals surface area contributed by atoms with Gasteiger partial charge in [0.15, 0.2) is 0 Å². The second-order valence-corrected chi connectivity index (χ2v) is 11.0. The Kier molecular flexibility index (Phi) is 8.78. The van der Waals surface area contributed by atoms with Gasteiger partial charge in [0.1, 0.15) is 0 Å². The molecule has 0 atom stereocenters. The fraction of sp³-hybridized carbons (Fsp3) is 0.714. The molecule has 88 valence electrons. The van der Waals surface area contributed by atoms with Crippen LogP contribution in [0.25, 0.3) is 0 Å². The zero-order valence-corrected chi connectivity index (χ0v) is 12.1. The van der Waals surface area contributed by atoms with E-state index in [9.17, 15) is 0 Å². The summed E-state index contributed by atoms with van der Waals surface area (Å²) in [7, 11) is -0.854. The Hall–Kier alpha value is -0.303. The van der Waals surface area contributed by atoms with Gasteiger partial charge >= 0.3 is 0 Å². The van der Waals surface area contributed by atoms with Crippen molar-refractivity contribution in [1.29, 1.82) is 0 Å². The second kappa shape index (κ2) is 8.96. The van der Waals surface area contributed by atoms with E-state index in [2.05, 4.69) is 50.9 Å². The van der Waals surface area contributed by atoms with Crippen LogP contribution >= 0.6 is 0 Å². The van der Waals surface area contributed by atoms with Crippen LogP contribution in [0.5, 0.6) is 0 Å². The number of rotatable bonds is 8. The van der Waals surface area contributed by atoms with Crippen molar-refractivity contribution in [1.82, 2.24) is 0 Å². The molecule has 0 N–H and O–H groups in total. The molecule has 0 aliphatic rings. The molecule has 0 rings (SSSR count). The van der Waals surface area contributed by atoms with Crippen molar-refractivity contribution in [2.24, 2.45) is 0 Å². The Labute approximate surface area is 97.5 Å². The lowest BCUT2D eigenvalue weighted by atomic mass is 10.2. The van der Waals surface area contributed by atoms with Crippen molar-refractivity contribution in [3.63, 3.8) is 0 Å². The van der Waals surface area contributed by atoms with Gasteiger partial charge in [-0.2, -0.15) is 0 Å². The summed E-state index contributed by atoms with van der Waals surface area (Å²) in [6.45, 7) is 9.50. The first-order chi connectivity index (χ1) is 7.06. The Morgan fingerprint density at radius 2 is 1.53 bits per heavy atom. The van der Waals surface area contributed by atoms with Crippen LogP contribution in [0.4, 0.5) is 0 Å². The van der Waals surface area contributed by atoms with E-state index >= 15 is 0 Å². The van der Waals surface area contributed by atoms with E-state index in [1.807, 2.05) is 0 Å². The molecular weight excluding hydrogens is 196 g/mol. The number of hydrogen-bond acceptors (Lipinski definition) is 0. The smallest absolute Gasteiger partial charge is 0.0480 e. The quantitative estimate of drug-likeness (QED) is 0.294. The van der Waals surface area contributed by atoms with E-state index in [0.29, 0.717) is 0 Å². The largest absolute Gasteiger partial charge is 0.0909 e. The van der Waals surface area contributed by atoms with Gasteiger partial charge < -0.3 is 0 Å². The lowest BCUT2D eigenvalue weighted by Crippen LogP contribution is -2.17. The lowest BCUT2D eigenvalue weighted by molar-refractivity contribution is 0.728. The average molecular weight is 224 g/mol. The molecular formula is C14H28Si. The van der Waals surface area contributed by atoms with E-state index in [4.69, 9.17) is 0 Å². The van der Waals surface area contributed by atoms with Crippen LogP contribution in [-0.2, 0) is 0 Å². The molecule has 0 fully saturated rings. The van der Waals surface area contributed by atoms with E-state index in [1.54, 1.807) is 0 Å². The molecule has 0 bridgehead atoms. The maximum Gasteiger partial charge on any atom is 0.0480 e. The minimum Gasteiger partial charge on any atom is -0.0909 e. The average Bonchev–Trinajstić information content (AvgIpc) is 2.14. The molecule has 1 heteroatoms. The molecule has 0 amide bonds. The predicted octanol–water partition coefficient (Wildman–Crippen LogP) is 5.41. The van der Waals surface area contributed by atoms with Gasteiger partial charge in [-0.1, -0.05) is 63.7 Å². The molecule has 0 aliphatic carbocycles. The third-order valence-electron chi connectivity index (χ3n) is 2.31. The highest BCUT2D eigenvalue weighted by Gasteiger charge is 2.08. The SMILES string of the molecule is CCCCC/C=C\C/C=C\C[Si](C)(C)C. The van der Waals surface area contributed by atoms with Crippen LogP contribution in [0.1, 0.15) is 39.0 Å². The molecule has 0 saturated heterocycles. The topological polar surface area (TPSA) is 0 Å². The van der Waals surface area contributed by atoms with Crippen LogP contribution in [0.15, 0.2) is 24.3 Å². The second-order valence-electron chi connectivity index (χ2n) is 5.44. The zero-order chi connectivity index (χ0) is 11.6. The predicted molar refractivity (Wildman–Crippen MR) is 75.2 cm³/mol. The zero-order valence-electron chi connectivity index (χ0n) is 11.1. The monoisotopic (exact) mass is 224 g/mol. The summed E-state index contributed by atoms with van der Waals surface area (Å²) >= 11 is 0. The first-order valence-corrected chi connectivity index (χ1v) is 10.1. The van der Waals surface area contributed by atoms with Crippen molar-refractivity contribution >= 4 is 8.07 Å². The molecule has 0 aromatic carbocycles. The molecule has 0 heterocycles. The molecule has 0 spiro atoms. The van der Waals surface area contributed by atoms with Gasteiger partial charge in [0, 0.05) is 8.07 Å². The molecule has 0 nitrogen and oxygen atoms in total. The number of unbranched alkanes of at least 4 members (excludes halogenated alkanes) is 3.